The Hall–Kier alpha value is -2.14. The molecule has 19 heavy (non-hydrogen) atoms. The quantitative estimate of drug-likeness (QED) is 0.605. The van der Waals surface area contributed by atoms with E-state index < -0.39 is 0 Å². The van der Waals surface area contributed by atoms with Gasteiger partial charge in [-0.3, -0.25) is 10.1 Å². The number of benzene rings is 1. The Kier molecular flexibility index (Phi) is 4.30. The first-order valence-electron chi connectivity index (χ1n) is 6.24. The summed E-state index contributed by atoms with van der Waals surface area (Å²) in [6.45, 7) is 2.63. The lowest BCUT2D eigenvalue weighted by atomic mass is 10.1. The number of hydrogen-bond acceptors (Lipinski definition) is 3. The van der Waals surface area contributed by atoms with Crippen LogP contribution in [-0.4, -0.2) is 34.1 Å². The van der Waals surface area contributed by atoms with E-state index in [2.05, 4.69) is 23.1 Å². The normalized spacial score (nSPS) is 10.8. The molecule has 0 amide bonds. The molecule has 0 fully saturated rings. The van der Waals surface area contributed by atoms with Gasteiger partial charge in [0.25, 0.3) is 0 Å². The summed E-state index contributed by atoms with van der Waals surface area (Å²) >= 11 is 0. The Bertz CT molecular complexity index is 533. The number of aromatic nitrogens is 2. The molecule has 100 valence electrons. The molecule has 1 aromatic heterocycles. The Morgan fingerprint density at radius 1 is 1.42 bits per heavy atom. The second kappa shape index (κ2) is 6.15. The topological polar surface area (TPSA) is 70.9 Å². The fourth-order valence-electron chi connectivity index (χ4n) is 1.93. The monoisotopic (exact) mass is 257 g/mol. The third kappa shape index (κ3) is 3.93. The maximum atomic E-state index is 7.44. The fraction of sp³-hybridized carbons (Fsp3) is 0.286. The minimum Gasteiger partial charge on any atom is -0.384 e. The van der Waals surface area contributed by atoms with Gasteiger partial charge in [0.15, 0.2) is 0 Å². The molecule has 1 aromatic carbocycles. The SMILES string of the molecule is CN(CCn1cccn1)Cc1cccc(C(=N)N)c1. The average molecular weight is 257 g/mol. The lowest BCUT2D eigenvalue weighted by Crippen LogP contribution is -2.23. The summed E-state index contributed by atoms with van der Waals surface area (Å²) in [5.74, 6) is 0.112. The molecule has 5 heteroatoms. The smallest absolute Gasteiger partial charge is 0.122 e. The maximum Gasteiger partial charge on any atom is 0.122 e. The maximum absolute atomic E-state index is 7.44. The zero-order chi connectivity index (χ0) is 13.7. The first-order valence-corrected chi connectivity index (χ1v) is 6.24. The van der Waals surface area contributed by atoms with Crippen LogP contribution in [0.25, 0.3) is 0 Å². The number of nitrogens with two attached hydrogens (primary N) is 1. The van der Waals surface area contributed by atoms with Crippen LogP contribution in [0.5, 0.6) is 0 Å². The van der Waals surface area contributed by atoms with Crippen molar-refractivity contribution in [1.29, 1.82) is 5.41 Å². The Labute approximate surface area is 113 Å². The van der Waals surface area contributed by atoms with Gasteiger partial charge in [-0.05, 0) is 24.7 Å². The number of hydrogen-bond donors (Lipinski definition) is 2. The molecule has 0 spiro atoms. The molecule has 2 aromatic rings. The molecule has 5 nitrogen and oxygen atoms in total. The van der Waals surface area contributed by atoms with Crippen LogP contribution >= 0.6 is 0 Å². The highest BCUT2D eigenvalue weighted by molar-refractivity contribution is 5.95. The van der Waals surface area contributed by atoms with Crippen LogP contribution in [0.2, 0.25) is 0 Å². The van der Waals surface area contributed by atoms with Crippen LogP contribution in [0.15, 0.2) is 42.7 Å². The van der Waals surface area contributed by atoms with Gasteiger partial charge in [0.05, 0.1) is 6.54 Å². The van der Waals surface area contributed by atoms with Crippen molar-refractivity contribution in [2.24, 2.45) is 5.73 Å². The van der Waals surface area contributed by atoms with Crippen LogP contribution in [0.3, 0.4) is 0 Å². The van der Waals surface area contributed by atoms with Crippen molar-refractivity contribution >= 4 is 5.84 Å². The van der Waals surface area contributed by atoms with E-state index in [1.54, 1.807) is 6.20 Å². The van der Waals surface area contributed by atoms with Gasteiger partial charge in [-0.2, -0.15) is 5.10 Å². The largest absolute Gasteiger partial charge is 0.384 e. The highest BCUT2D eigenvalue weighted by atomic mass is 15.3. The van der Waals surface area contributed by atoms with Gasteiger partial charge in [0, 0.05) is 31.0 Å². The van der Waals surface area contributed by atoms with Crippen LogP contribution in [0, 0.1) is 5.41 Å². The number of likely N-dealkylation sites (N-methyl/N-ethyl adjacent to an activating group) is 1. The summed E-state index contributed by atoms with van der Waals surface area (Å²) in [6.07, 6.45) is 3.75. The predicted octanol–water partition coefficient (Wildman–Crippen LogP) is 1.30. The molecular weight excluding hydrogens is 238 g/mol. The highest BCUT2D eigenvalue weighted by Crippen LogP contribution is 2.07. The molecule has 1 heterocycles. The summed E-state index contributed by atoms with van der Waals surface area (Å²) < 4.78 is 1.92. The molecule has 0 saturated heterocycles. The molecule has 0 unspecified atom stereocenters. The third-order valence-corrected chi connectivity index (χ3v) is 2.96. The Balaban J connectivity index is 1.89. The first kappa shape index (κ1) is 13.3. The number of rotatable bonds is 6. The lowest BCUT2D eigenvalue weighted by Gasteiger charge is -2.17. The molecule has 0 atom stereocenters. The molecule has 0 aliphatic rings. The molecule has 0 radical (unpaired) electrons. The van der Waals surface area contributed by atoms with E-state index in [9.17, 15) is 0 Å². The van der Waals surface area contributed by atoms with Gasteiger partial charge in [0.1, 0.15) is 5.84 Å². The number of nitrogens with one attached hydrogen (secondary N) is 1. The number of amidine groups is 1. The Morgan fingerprint density at radius 3 is 2.95 bits per heavy atom. The predicted molar refractivity (Wildman–Crippen MR) is 76.0 cm³/mol. The summed E-state index contributed by atoms with van der Waals surface area (Å²) in [6, 6.07) is 9.74. The summed E-state index contributed by atoms with van der Waals surface area (Å²) in [7, 11) is 2.07. The fourth-order valence-corrected chi connectivity index (χ4v) is 1.93. The molecule has 3 N–H and O–H groups in total. The van der Waals surface area contributed by atoms with E-state index in [0.29, 0.717) is 0 Å². The third-order valence-electron chi connectivity index (χ3n) is 2.96. The summed E-state index contributed by atoms with van der Waals surface area (Å²) in [5, 5.41) is 11.6. The average Bonchev–Trinajstić information content (AvgIpc) is 2.90. The molecule has 2 rings (SSSR count). The standard InChI is InChI=1S/C14H19N5/c1-18(8-9-19-7-3-6-17-19)11-12-4-2-5-13(10-12)14(15)16/h2-7,10H,8-9,11H2,1H3,(H3,15,16). The zero-order valence-corrected chi connectivity index (χ0v) is 11.1. The van der Waals surface area contributed by atoms with Gasteiger partial charge in [0.2, 0.25) is 0 Å². The molecule has 0 bridgehead atoms. The van der Waals surface area contributed by atoms with Crippen molar-refractivity contribution in [2.45, 2.75) is 13.1 Å². The van der Waals surface area contributed by atoms with Crippen molar-refractivity contribution in [2.75, 3.05) is 13.6 Å². The van der Waals surface area contributed by atoms with Crippen molar-refractivity contribution < 1.29 is 0 Å². The highest BCUT2D eigenvalue weighted by Gasteiger charge is 2.03. The van der Waals surface area contributed by atoms with E-state index in [-0.39, 0.29) is 5.84 Å². The number of nitrogens with zero attached hydrogens (tertiary/aromatic N) is 3. The van der Waals surface area contributed by atoms with Gasteiger partial charge in [-0.15, -0.1) is 0 Å². The Morgan fingerprint density at radius 2 is 2.26 bits per heavy atom. The lowest BCUT2D eigenvalue weighted by molar-refractivity contribution is 0.305. The second-order valence-electron chi connectivity index (χ2n) is 4.62. The van der Waals surface area contributed by atoms with Gasteiger partial charge in [-0.1, -0.05) is 18.2 Å². The minimum atomic E-state index is 0.112. The molecular formula is C14H19N5. The van der Waals surface area contributed by atoms with Gasteiger partial charge < -0.3 is 10.6 Å². The van der Waals surface area contributed by atoms with E-state index >= 15 is 0 Å². The second-order valence-corrected chi connectivity index (χ2v) is 4.62. The summed E-state index contributed by atoms with van der Waals surface area (Å²) in [5.41, 5.74) is 7.43. The minimum absolute atomic E-state index is 0.112. The summed E-state index contributed by atoms with van der Waals surface area (Å²) in [4.78, 5) is 2.22. The zero-order valence-electron chi connectivity index (χ0n) is 11.1. The van der Waals surface area contributed by atoms with Gasteiger partial charge in [-0.25, -0.2) is 0 Å². The van der Waals surface area contributed by atoms with Crippen LogP contribution < -0.4 is 5.73 Å². The molecule has 0 saturated carbocycles. The van der Waals surface area contributed by atoms with E-state index in [4.69, 9.17) is 11.1 Å². The van der Waals surface area contributed by atoms with Crippen molar-refractivity contribution in [1.82, 2.24) is 14.7 Å². The van der Waals surface area contributed by atoms with E-state index in [1.165, 1.54) is 0 Å². The van der Waals surface area contributed by atoms with Crippen LogP contribution in [0.4, 0.5) is 0 Å². The number of nitrogen functional groups attached to an aromatic ring is 1. The van der Waals surface area contributed by atoms with Crippen LogP contribution in [0.1, 0.15) is 11.1 Å². The van der Waals surface area contributed by atoms with Crippen LogP contribution in [-0.2, 0) is 13.1 Å². The molecule has 0 aliphatic heterocycles. The first-order chi connectivity index (χ1) is 9.15. The van der Waals surface area contributed by atoms with E-state index in [0.717, 1.165) is 30.8 Å². The van der Waals surface area contributed by atoms with Crippen molar-refractivity contribution in [3.63, 3.8) is 0 Å². The van der Waals surface area contributed by atoms with Crippen molar-refractivity contribution in [3.05, 3.63) is 53.9 Å². The van der Waals surface area contributed by atoms with E-state index in [1.807, 2.05) is 35.1 Å². The van der Waals surface area contributed by atoms with Gasteiger partial charge >= 0.3 is 0 Å². The molecule has 0 aliphatic carbocycles. The van der Waals surface area contributed by atoms with Crippen molar-refractivity contribution in [3.8, 4) is 0 Å².